The average Bonchev–Trinajstić information content (AvgIpc) is 3.12. The predicted molar refractivity (Wildman–Crippen MR) is 128 cm³/mol. The Labute approximate surface area is 197 Å². The largest absolute Gasteiger partial charge is 0.322 e. The first-order valence-electron chi connectivity index (χ1n) is 10.6. The summed E-state index contributed by atoms with van der Waals surface area (Å²) in [5.41, 5.74) is 1.76. The van der Waals surface area contributed by atoms with Crippen molar-refractivity contribution in [1.29, 1.82) is 0 Å². The fourth-order valence-corrected chi connectivity index (χ4v) is 4.75. The topological polar surface area (TPSA) is 105 Å². The zero-order chi connectivity index (χ0) is 23.3. The van der Waals surface area contributed by atoms with Crippen LogP contribution in [0, 0.1) is 0 Å². The van der Waals surface area contributed by atoms with Gasteiger partial charge in [0.1, 0.15) is 5.84 Å². The minimum atomic E-state index is -3.72. The van der Waals surface area contributed by atoms with Crippen LogP contribution in [0.1, 0.15) is 41.6 Å². The highest BCUT2D eigenvalue weighted by Crippen LogP contribution is 2.18. The number of halogens is 1. The van der Waals surface area contributed by atoms with E-state index >= 15 is 0 Å². The number of carbonyl (C=O) groups is 1. The van der Waals surface area contributed by atoms with E-state index in [9.17, 15) is 13.2 Å². The molecule has 1 aromatic heterocycles. The van der Waals surface area contributed by atoms with Gasteiger partial charge < -0.3 is 5.32 Å². The number of nitrogens with one attached hydrogen (secondary N) is 2. The van der Waals surface area contributed by atoms with Crippen molar-refractivity contribution in [2.75, 3.05) is 11.9 Å². The number of hydrogen-bond donors (Lipinski definition) is 2. The van der Waals surface area contributed by atoms with Gasteiger partial charge in [-0.15, -0.1) is 0 Å². The number of rotatable bonds is 6. The first-order valence-corrected chi connectivity index (χ1v) is 12.5. The van der Waals surface area contributed by atoms with E-state index in [1.165, 1.54) is 18.3 Å². The molecule has 172 valence electrons. The third-order valence-corrected chi connectivity index (χ3v) is 7.00. The van der Waals surface area contributed by atoms with Crippen LogP contribution in [0.4, 0.5) is 5.69 Å². The van der Waals surface area contributed by atoms with Gasteiger partial charge in [0, 0.05) is 29.9 Å². The number of sulfonamides is 1. The highest BCUT2D eigenvalue weighted by atomic mass is 35.5. The Hall–Kier alpha value is -3.17. The lowest BCUT2D eigenvalue weighted by Gasteiger charge is -2.10. The summed E-state index contributed by atoms with van der Waals surface area (Å²) >= 11 is 6.18. The van der Waals surface area contributed by atoms with Gasteiger partial charge in [0.2, 0.25) is 0 Å². The normalized spacial score (nSPS) is 14.3. The Bertz CT molecular complexity index is 1270. The molecule has 2 aromatic carbocycles. The van der Waals surface area contributed by atoms with E-state index in [1.807, 2.05) is 18.2 Å². The van der Waals surface area contributed by atoms with E-state index in [-0.39, 0.29) is 10.8 Å². The van der Waals surface area contributed by atoms with Gasteiger partial charge in [-0.05, 0) is 48.7 Å². The van der Waals surface area contributed by atoms with Crippen LogP contribution in [0.3, 0.4) is 0 Å². The Kier molecular flexibility index (Phi) is 7.10. The third kappa shape index (κ3) is 6.00. The number of nitrogens with zero attached hydrogens (tertiary/aromatic N) is 3. The molecule has 0 atom stereocenters. The van der Waals surface area contributed by atoms with E-state index in [2.05, 4.69) is 20.1 Å². The van der Waals surface area contributed by atoms with E-state index in [1.54, 1.807) is 29.1 Å². The summed E-state index contributed by atoms with van der Waals surface area (Å²) in [6.07, 6.45) is 6.66. The minimum Gasteiger partial charge on any atom is -0.322 e. The van der Waals surface area contributed by atoms with Crippen LogP contribution in [0.5, 0.6) is 0 Å². The molecule has 1 aliphatic rings. The number of benzene rings is 2. The van der Waals surface area contributed by atoms with Crippen molar-refractivity contribution in [3.05, 3.63) is 77.1 Å². The quantitative estimate of drug-likeness (QED) is 0.548. The molecule has 0 spiro atoms. The second-order valence-electron chi connectivity index (χ2n) is 7.74. The predicted octanol–water partition coefficient (Wildman–Crippen LogP) is 4.09. The van der Waals surface area contributed by atoms with Gasteiger partial charge >= 0.3 is 0 Å². The Morgan fingerprint density at radius 3 is 2.64 bits per heavy atom. The first kappa shape index (κ1) is 23.0. The molecule has 0 saturated carbocycles. The van der Waals surface area contributed by atoms with Crippen LogP contribution in [-0.2, 0) is 16.6 Å². The number of amides is 1. The van der Waals surface area contributed by atoms with Crippen molar-refractivity contribution in [2.24, 2.45) is 4.99 Å². The zero-order valence-electron chi connectivity index (χ0n) is 17.9. The molecule has 0 fully saturated rings. The van der Waals surface area contributed by atoms with Gasteiger partial charge in [0.25, 0.3) is 15.9 Å². The number of aromatic nitrogens is 2. The molecule has 0 saturated heterocycles. The summed E-state index contributed by atoms with van der Waals surface area (Å²) in [6.45, 7) is 1.08. The number of anilines is 1. The Balaban J connectivity index is 1.39. The van der Waals surface area contributed by atoms with Crippen molar-refractivity contribution >= 4 is 39.1 Å². The van der Waals surface area contributed by atoms with Crippen molar-refractivity contribution in [3.63, 3.8) is 0 Å². The molecule has 4 rings (SSSR count). The fraction of sp³-hybridized carbons (Fsp3) is 0.261. The molecular formula is C23H24ClN5O3S. The Morgan fingerprint density at radius 1 is 1.06 bits per heavy atom. The molecule has 10 heteroatoms. The molecule has 2 N–H and O–H groups in total. The van der Waals surface area contributed by atoms with Crippen LogP contribution >= 0.6 is 11.6 Å². The summed E-state index contributed by atoms with van der Waals surface area (Å²) in [7, 11) is -3.72. The molecule has 2 heterocycles. The highest BCUT2D eigenvalue weighted by Gasteiger charge is 2.17. The molecule has 8 nitrogen and oxygen atoms in total. The lowest BCUT2D eigenvalue weighted by Crippen LogP contribution is -2.30. The smallest absolute Gasteiger partial charge is 0.262 e. The summed E-state index contributed by atoms with van der Waals surface area (Å²) in [5.74, 6) is 0.153. The van der Waals surface area contributed by atoms with Gasteiger partial charge in [-0.2, -0.15) is 5.10 Å². The third-order valence-electron chi connectivity index (χ3n) is 5.23. The van der Waals surface area contributed by atoms with Crippen LogP contribution in [0.15, 0.2) is 70.8 Å². The van der Waals surface area contributed by atoms with Gasteiger partial charge in [-0.1, -0.05) is 36.2 Å². The summed E-state index contributed by atoms with van der Waals surface area (Å²) < 4.78 is 29.5. The van der Waals surface area contributed by atoms with E-state index in [0.29, 0.717) is 41.6 Å². The summed E-state index contributed by atoms with van der Waals surface area (Å²) in [5, 5.41) is 7.61. The first-order chi connectivity index (χ1) is 15.9. The fourth-order valence-electron chi connectivity index (χ4n) is 3.46. The SMILES string of the molecule is O=C(Nc1ccc(S(=O)(=O)NC2=NCCCCC2)cc1)c1cnn(Cc2ccccc2Cl)c1. The highest BCUT2D eigenvalue weighted by molar-refractivity contribution is 7.90. The second-order valence-corrected chi connectivity index (χ2v) is 9.83. The minimum absolute atomic E-state index is 0.111. The lowest BCUT2D eigenvalue weighted by atomic mass is 10.2. The maximum Gasteiger partial charge on any atom is 0.262 e. The number of amidine groups is 1. The standard InChI is InChI=1S/C23H24ClN5O3S/c24-21-7-4-3-6-17(21)15-29-16-18(14-26-29)23(30)27-19-9-11-20(12-10-19)33(31,32)28-22-8-2-1-5-13-25-22/h3-4,6-7,9-12,14,16H,1-2,5,8,13,15H2,(H,25,28)(H,27,30). The molecule has 0 bridgehead atoms. The van der Waals surface area contributed by atoms with Gasteiger partial charge in [-0.3, -0.25) is 19.2 Å². The lowest BCUT2D eigenvalue weighted by molar-refractivity contribution is 0.102. The maximum absolute atomic E-state index is 12.6. The van der Waals surface area contributed by atoms with Crippen molar-refractivity contribution in [1.82, 2.24) is 14.5 Å². The van der Waals surface area contributed by atoms with Crippen LogP contribution in [0.25, 0.3) is 0 Å². The molecule has 1 amide bonds. The second kappa shape index (κ2) is 10.2. The van der Waals surface area contributed by atoms with Crippen molar-refractivity contribution < 1.29 is 13.2 Å². The Morgan fingerprint density at radius 2 is 1.85 bits per heavy atom. The van der Waals surface area contributed by atoms with Gasteiger partial charge in [0.05, 0.1) is 23.2 Å². The molecule has 33 heavy (non-hydrogen) atoms. The molecular weight excluding hydrogens is 462 g/mol. The number of carbonyl (C=O) groups excluding carboxylic acids is 1. The zero-order valence-corrected chi connectivity index (χ0v) is 19.4. The molecule has 0 unspecified atom stereocenters. The summed E-state index contributed by atoms with van der Waals surface area (Å²) in [4.78, 5) is 17.0. The molecule has 0 radical (unpaired) electrons. The monoisotopic (exact) mass is 485 g/mol. The van der Waals surface area contributed by atoms with Crippen molar-refractivity contribution in [2.45, 2.75) is 37.1 Å². The van der Waals surface area contributed by atoms with E-state index in [4.69, 9.17) is 11.6 Å². The van der Waals surface area contributed by atoms with Crippen LogP contribution < -0.4 is 10.0 Å². The van der Waals surface area contributed by atoms with Crippen LogP contribution in [0.2, 0.25) is 5.02 Å². The van der Waals surface area contributed by atoms with Gasteiger partial charge in [0.15, 0.2) is 0 Å². The molecule has 0 aliphatic carbocycles. The van der Waals surface area contributed by atoms with Crippen LogP contribution in [-0.4, -0.2) is 36.5 Å². The number of hydrogen-bond acceptors (Lipinski definition) is 5. The molecule has 3 aromatic rings. The number of aliphatic imine (C=N–C) groups is 1. The van der Waals surface area contributed by atoms with E-state index < -0.39 is 10.0 Å². The molecule has 1 aliphatic heterocycles. The average molecular weight is 486 g/mol. The summed E-state index contributed by atoms with van der Waals surface area (Å²) in [6, 6.07) is 13.5. The van der Waals surface area contributed by atoms with E-state index in [0.717, 1.165) is 24.8 Å². The van der Waals surface area contributed by atoms with Crippen molar-refractivity contribution in [3.8, 4) is 0 Å². The maximum atomic E-state index is 12.6. The van der Waals surface area contributed by atoms with Gasteiger partial charge in [-0.25, -0.2) is 8.42 Å².